The van der Waals surface area contributed by atoms with Crippen LogP contribution in [0.2, 0.25) is 0 Å². The Morgan fingerprint density at radius 3 is 3.08 bits per heavy atom. The van der Waals surface area contributed by atoms with Crippen molar-refractivity contribution in [3.63, 3.8) is 0 Å². The van der Waals surface area contributed by atoms with Gasteiger partial charge in [0, 0.05) is 18.1 Å². The van der Waals surface area contributed by atoms with Gasteiger partial charge >= 0.3 is 0 Å². The lowest BCUT2D eigenvalue weighted by Gasteiger charge is -2.01. The number of nitrogens with zero attached hydrogens (tertiary/aromatic N) is 1. The highest BCUT2D eigenvalue weighted by atomic mass is 14.8. The minimum Gasteiger partial charge on any atom is -0.274 e. The van der Waals surface area contributed by atoms with Gasteiger partial charge in [-0.15, -0.1) is 0 Å². The predicted molar refractivity (Wildman–Crippen MR) is 51.1 cm³/mol. The van der Waals surface area contributed by atoms with Crippen molar-refractivity contribution in [1.29, 1.82) is 0 Å². The molecule has 2 bridgehead atoms. The van der Waals surface area contributed by atoms with E-state index in [0.717, 1.165) is 6.42 Å². The van der Waals surface area contributed by atoms with Crippen molar-refractivity contribution in [2.75, 3.05) is 0 Å². The van der Waals surface area contributed by atoms with Crippen LogP contribution < -0.4 is 0 Å². The van der Waals surface area contributed by atoms with E-state index in [0.29, 0.717) is 5.92 Å². The summed E-state index contributed by atoms with van der Waals surface area (Å²) in [6.45, 7) is 2.07. The van der Waals surface area contributed by atoms with Crippen molar-refractivity contribution in [2.24, 2.45) is 10.9 Å². The Labute approximate surface area is 72.9 Å². The molecular weight excluding hydrogens is 146 g/mol. The molecule has 0 saturated carbocycles. The van der Waals surface area contributed by atoms with Gasteiger partial charge in [0.2, 0.25) is 0 Å². The van der Waals surface area contributed by atoms with Gasteiger partial charge in [0.1, 0.15) is 6.04 Å². The Morgan fingerprint density at radius 2 is 2.17 bits per heavy atom. The SMILES string of the molecule is CC1=NC2C#CC(/C=C\C=C2)C1. The van der Waals surface area contributed by atoms with Crippen molar-refractivity contribution in [1.82, 2.24) is 0 Å². The normalized spacial score (nSPS) is 33.9. The van der Waals surface area contributed by atoms with Gasteiger partial charge in [-0.05, 0) is 13.0 Å². The molecule has 2 rings (SSSR count). The number of allylic oxidation sites excluding steroid dienone is 3. The van der Waals surface area contributed by atoms with Gasteiger partial charge in [-0.1, -0.05) is 30.1 Å². The van der Waals surface area contributed by atoms with Gasteiger partial charge in [0.15, 0.2) is 0 Å². The maximum Gasteiger partial charge on any atom is 0.129 e. The van der Waals surface area contributed by atoms with Gasteiger partial charge in [-0.25, -0.2) is 0 Å². The van der Waals surface area contributed by atoms with E-state index >= 15 is 0 Å². The average molecular weight is 157 g/mol. The molecular formula is C11H11N. The van der Waals surface area contributed by atoms with Crippen LogP contribution in [0.4, 0.5) is 0 Å². The molecule has 1 aliphatic carbocycles. The number of aliphatic imine (C=N–C) groups is 1. The highest BCUT2D eigenvalue weighted by Gasteiger charge is 2.10. The van der Waals surface area contributed by atoms with E-state index in [-0.39, 0.29) is 6.04 Å². The molecule has 1 aliphatic heterocycles. The Balaban J connectivity index is 2.41. The first kappa shape index (κ1) is 7.36. The molecule has 0 radical (unpaired) electrons. The van der Waals surface area contributed by atoms with Crippen LogP contribution in [-0.2, 0) is 0 Å². The minimum atomic E-state index is 0.0972. The molecule has 0 saturated heterocycles. The summed E-state index contributed by atoms with van der Waals surface area (Å²) in [6.07, 6.45) is 9.27. The summed E-state index contributed by atoms with van der Waals surface area (Å²) < 4.78 is 0. The zero-order valence-corrected chi connectivity index (χ0v) is 7.12. The summed E-state index contributed by atoms with van der Waals surface area (Å²) in [7, 11) is 0. The maximum atomic E-state index is 4.47. The smallest absolute Gasteiger partial charge is 0.129 e. The van der Waals surface area contributed by atoms with Gasteiger partial charge in [0.25, 0.3) is 0 Å². The number of rotatable bonds is 0. The third kappa shape index (κ3) is 1.48. The van der Waals surface area contributed by atoms with Gasteiger partial charge < -0.3 is 0 Å². The molecule has 2 unspecified atom stereocenters. The Bertz CT molecular complexity index is 323. The lowest BCUT2D eigenvalue weighted by molar-refractivity contribution is 0.894. The Hall–Kier alpha value is -1.29. The first-order valence-electron chi connectivity index (χ1n) is 4.24. The molecule has 1 nitrogen and oxygen atoms in total. The molecule has 0 aromatic heterocycles. The summed E-state index contributed by atoms with van der Waals surface area (Å²) >= 11 is 0. The minimum absolute atomic E-state index is 0.0972. The van der Waals surface area contributed by atoms with Crippen LogP contribution in [0.3, 0.4) is 0 Å². The molecule has 1 heterocycles. The number of hydrogen-bond acceptors (Lipinski definition) is 1. The van der Waals surface area contributed by atoms with Crippen molar-refractivity contribution in [3.8, 4) is 11.8 Å². The van der Waals surface area contributed by atoms with E-state index in [1.54, 1.807) is 0 Å². The fraction of sp³-hybridized carbons (Fsp3) is 0.364. The van der Waals surface area contributed by atoms with Crippen LogP contribution in [0.25, 0.3) is 0 Å². The molecule has 0 aromatic carbocycles. The second kappa shape index (κ2) is 2.98. The molecule has 12 heavy (non-hydrogen) atoms. The molecule has 0 spiro atoms. The lowest BCUT2D eigenvalue weighted by atomic mass is 10.0. The first-order chi connectivity index (χ1) is 5.84. The van der Waals surface area contributed by atoms with E-state index in [9.17, 15) is 0 Å². The van der Waals surface area contributed by atoms with Crippen molar-refractivity contribution in [3.05, 3.63) is 24.3 Å². The van der Waals surface area contributed by atoms with Crippen molar-refractivity contribution >= 4 is 5.71 Å². The topological polar surface area (TPSA) is 12.4 Å². The van der Waals surface area contributed by atoms with Crippen LogP contribution in [0.5, 0.6) is 0 Å². The van der Waals surface area contributed by atoms with Crippen LogP contribution in [-0.4, -0.2) is 11.8 Å². The second-order valence-electron chi connectivity index (χ2n) is 3.18. The Kier molecular flexibility index (Phi) is 1.83. The third-order valence-corrected chi connectivity index (χ3v) is 2.04. The summed E-state index contributed by atoms with van der Waals surface area (Å²) in [4.78, 5) is 4.47. The van der Waals surface area contributed by atoms with Gasteiger partial charge in [-0.3, -0.25) is 4.99 Å². The predicted octanol–water partition coefficient (Wildman–Crippen LogP) is 1.97. The van der Waals surface area contributed by atoms with Gasteiger partial charge in [-0.2, -0.15) is 0 Å². The van der Waals surface area contributed by atoms with E-state index < -0.39 is 0 Å². The zero-order chi connectivity index (χ0) is 8.39. The summed E-state index contributed by atoms with van der Waals surface area (Å²) in [5.41, 5.74) is 1.19. The molecule has 0 aromatic rings. The molecule has 60 valence electrons. The maximum absolute atomic E-state index is 4.47. The molecule has 0 fully saturated rings. The fourth-order valence-corrected chi connectivity index (χ4v) is 1.46. The quantitative estimate of drug-likeness (QED) is 0.477. The number of hydrogen-bond donors (Lipinski definition) is 0. The molecule has 2 aliphatic rings. The van der Waals surface area contributed by atoms with E-state index in [1.165, 1.54) is 5.71 Å². The summed E-state index contributed by atoms with van der Waals surface area (Å²) in [5, 5.41) is 0. The monoisotopic (exact) mass is 157 g/mol. The standard InChI is InChI=1S/C11H11N/c1-9-8-10-4-2-3-5-11(12-9)7-6-10/h2-5,10-11H,8H2,1H3/b4-2-,5-3?. The molecule has 0 amide bonds. The molecule has 0 N–H and O–H groups in total. The van der Waals surface area contributed by atoms with E-state index in [1.807, 2.05) is 12.2 Å². The lowest BCUT2D eigenvalue weighted by Crippen LogP contribution is -2.00. The zero-order valence-electron chi connectivity index (χ0n) is 7.12. The highest BCUT2D eigenvalue weighted by Crippen LogP contribution is 2.13. The highest BCUT2D eigenvalue weighted by molar-refractivity contribution is 5.83. The van der Waals surface area contributed by atoms with Crippen LogP contribution in [0, 0.1) is 17.8 Å². The van der Waals surface area contributed by atoms with Crippen LogP contribution >= 0.6 is 0 Å². The van der Waals surface area contributed by atoms with Gasteiger partial charge in [0.05, 0.1) is 0 Å². The largest absolute Gasteiger partial charge is 0.274 e. The van der Waals surface area contributed by atoms with Crippen LogP contribution in [0.1, 0.15) is 13.3 Å². The Morgan fingerprint density at radius 1 is 1.33 bits per heavy atom. The van der Waals surface area contributed by atoms with E-state index in [4.69, 9.17) is 0 Å². The summed E-state index contributed by atoms with van der Waals surface area (Å²) in [6, 6.07) is 0.0972. The first-order valence-corrected chi connectivity index (χ1v) is 4.24. The molecule has 2 atom stereocenters. The fourth-order valence-electron chi connectivity index (χ4n) is 1.46. The second-order valence-corrected chi connectivity index (χ2v) is 3.18. The van der Waals surface area contributed by atoms with Crippen molar-refractivity contribution in [2.45, 2.75) is 19.4 Å². The van der Waals surface area contributed by atoms with Crippen molar-refractivity contribution < 1.29 is 0 Å². The number of fused-ring (bicyclic) bond motifs is 2. The molecule has 1 heteroatoms. The average Bonchev–Trinajstić information content (AvgIpc) is 2.11. The van der Waals surface area contributed by atoms with E-state index in [2.05, 4.69) is 35.9 Å². The third-order valence-electron chi connectivity index (χ3n) is 2.04. The van der Waals surface area contributed by atoms with Crippen LogP contribution in [0.15, 0.2) is 29.3 Å². The summed E-state index contributed by atoms with van der Waals surface area (Å²) in [5.74, 6) is 6.73.